The monoisotopic (exact) mass is 626 g/mol. The highest BCUT2D eigenvalue weighted by Gasteiger charge is 2.15. The summed E-state index contributed by atoms with van der Waals surface area (Å²) in [6.07, 6.45) is 1.69. The number of benzene rings is 3. The lowest BCUT2D eigenvalue weighted by molar-refractivity contribution is -0.118. The summed E-state index contributed by atoms with van der Waals surface area (Å²) in [6.45, 7) is 1.66. The smallest absolute Gasteiger partial charge is 0.262 e. The van der Waals surface area contributed by atoms with Crippen molar-refractivity contribution >= 4 is 80.6 Å². The second-order valence-electron chi connectivity index (χ2n) is 7.13. The first-order valence-electron chi connectivity index (χ1n) is 9.85. The van der Waals surface area contributed by atoms with Crippen LogP contribution in [-0.2, 0) is 4.79 Å². The van der Waals surface area contributed by atoms with Crippen molar-refractivity contribution in [3.05, 3.63) is 83.9 Å². The number of halogens is 4. The Hall–Kier alpha value is -2.44. The standard InChI is InChI=1S/C25H18Cl3IN2O3/c1-14-3-5-18(11-20(14)27)31-24(32)13-34-25-22(29)8-15(9-23(25)33-2)7-16(12-30)19-6-4-17(26)10-21(19)28/h3-11H,13H2,1-2H3,(H,31,32)/b16-7+. The Morgan fingerprint density at radius 2 is 1.88 bits per heavy atom. The van der Waals surface area contributed by atoms with Crippen molar-refractivity contribution in [1.82, 2.24) is 0 Å². The van der Waals surface area contributed by atoms with Gasteiger partial charge in [-0.15, -0.1) is 0 Å². The fourth-order valence-electron chi connectivity index (χ4n) is 3.01. The Bertz CT molecular complexity index is 1320. The van der Waals surface area contributed by atoms with Crippen LogP contribution in [0.15, 0.2) is 48.5 Å². The summed E-state index contributed by atoms with van der Waals surface area (Å²) in [5, 5.41) is 13.8. The van der Waals surface area contributed by atoms with Crippen molar-refractivity contribution in [2.45, 2.75) is 6.92 Å². The number of methoxy groups -OCH3 is 1. The van der Waals surface area contributed by atoms with Crippen molar-refractivity contribution in [3.8, 4) is 17.6 Å². The van der Waals surface area contributed by atoms with Gasteiger partial charge in [0.05, 0.1) is 27.3 Å². The van der Waals surface area contributed by atoms with Gasteiger partial charge in [0.2, 0.25) is 0 Å². The molecule has 0 aliphatic rings. The molecule has 5 nitrogen and oxygen atoms in total. The zero-order valence-electron chi connectivity index (χ0n) is 18.1. The number of aryl methyl sites for hydroxylation is 1. The first-order valence-corrected chi connectivity index (χ1v) is 12.1. The number of carbonyl (C=O) groups is 1. The van der Waals surface area contributed by atoms with Crippen molar-refractivity contribution in [3.63, 3.8) is 0 Å². The van der Waals surface area contributed by atoms with E-state index in [2.05, 4.69) is 34.0 Å². The number of carbonyl (C=O) groups excluding carboxylic acids is 1. The normalized spacial score (nSPS) is 11.0. The molecule has 0 saturated carbocycles. The van der Waals surface area contributed by atoms with E-state index in [9.17, 15) is 10.1 Å². The summed E-state index contributed by atoms with van der Waals surface area (Å²) >= 11 is 20.4. The molecule has 9 heteroatoms. The van der Waals surface area contributed by atoms with Crippen molar-refractivity contribution in [1.29, 1.82) is 5.26 Å². The molecule has 1 amide bonds. The molecule has 3 aromatic carbocycles. The Morgan fingerprint density at radius 1 is 1.12 bits per heavy atom. The van der Waals surface area contributed by atoms with Crippen LogP contribution >= 0.6 is 57.4 Å². The number of ether oxygens (including phenoxy) is 2. The highest BCUT2D eigenvalue weighted by molar-refractivity contribution is 14.1. The Kier molecular flexibility index (Phi) is 9.09. The van der Waals surface area contributed by atoms with Crippen LogP contribution < -0.4 is 14.8 Å². The molecule has 0 saturated heterocycles. The van der Waals surface area contributed by atoms with Crippen LogP contribution in [0.3, 0.4) is 0 Å². The number of nitrogens with one attached hydrogen (secondary N) is 1. The van der Waals surface area contributed by atoms with Crippen LogP contribution in [0.2, 0.25) is 15.1 Å². The third-order valence-electron chi connectivity index (χ3n) is 4.71. The predicted molar refractivity (Wildman–Crippen MR) is 146 cm³/mol. The van der Waals surface area contributed by atoms with Crippen molar-refractivity contribution < 1.29 is 14.3 Å². The molecule has 0 radical (unpaired) electrons. The van der Waals surface area contributed by atoms with Crippen molar-refractivity contribution in [2.75, 3.05) is 19.0 Å². The van der Waals surface area contributed by atoms with Gasteiger partial charge in [-0.25, -0.2) is 0 Å². The largest absolute Gasteiger partial charge is 0.493 e. The van der Waals surface area contributed by atoms with Crippen LogP contribution in [0.1, 0.15) is 16.7 Å². The Labute approximate surface area is 226 Å². The van der Waals surface area contributed by atoms with Gasteiger partial charge in [0.15, 0.2) is 18.1 Å². The SMILES string of the molecule is COc1cc(/C=C(\C#N)c2ccc(Cl)cc2Cl)cc(I)c1OCC(=O)Nc1ccc(C)c(Cl)c1. The van der Waals surface area contributed by atoms with E-state index < -0.39 is 0 Å². The number of hydrogen-bond acceptors (Lipinski definition) is 4. The average molecular weight is 628 g/mol. The number of anilines is 1. The summed E-state index contributed by atoms with van der Waals surface area (Å²) in [6, 6.07) is 15.9. The molecule has 0 atom stereocenters. The molecular weight excluding hydrogens is 610 g/mol. The lowest BCUT2D eigenvalue weighted by Gasteiger charge is -2.14. The number of nitrogens with zero attached hydrogens (tertiary/aromatic N) is 1. The first kappa shape index (κ1) is 26.2. The number of nitriles is 1. The van der Waals surface area contributed by atoms with Gasteiger partial charge in [0.1, 0.15) is 0 Å². The zero-order valence-corrected chi connectivity index (χ0v) is 22.5. The van der Waals surface area contributed by atoms with E-state index in [1.165, 1.54) is 7.11 Å². The van der Waals surface area contributed by atoms with Crippen LogP contribution in [-0.4, -0.2) is 19.6 Å². The van der Waals surface area contributed by atoms with Gasteiger partial charge in [-0.05, 0) is 83.1 Å². The number of rotatable bonds is 7. The Balaban J connectivity index is 1.80. The molecular formula is C25H18Cl3IN2O3. The number of amides is 1. The topological polar surface area (TPSA) is 71.3 Å². The molecule has 3 rings (SSSR count). The minimum absolute atomic E-state index is 0.225. The van der Waals surface area contributed by atoms with Gasteiger partial charge in [-0.2, -0.15) is 5.26 Å². The van der Waals surface area contributed by atoms with E-state index in [0.29, 0.717) is 52.5 Å². The van der Waals surface area contributed by atoms with E-state index in [-0.39, 0.29) is 12.5 Å². The lowest BCUT2D eigenvalue weighted by atomic mass is 10.0. The maximum absolute atomic E-state index is 12.4. The molecule has 0 fully saturated rings. The summed E-state index contributed by atoms with van der Waals surface area (Å²) in [5.74, 6) is 0.495. The quantitative estimate of drug-likeness (QED) is 0.166. The molecule has 0 aliphatic heterocycles. The number of allylic oxidation sites excluding steroid dienone is 1. The van der Waals surface area contributed by atoms with Crippen LogP contribution in [0, 0.1) is 21.8 Å². The number of hydrogen-bond donors (Lipinski definition) is 1. The zero-order chi connectivity index (χ0) is 24.8. The molecule has 0 heterocycles. The van der Waals surface area contributed by atoms with E-state index in [1.54, 1.807) is 42.5 Å². The van der Waals surface area contributed by atoms with Crippen LogP contribution in [0.4, 0.5) is 5.69 Å². The predicted octanol–water partition coefficient (Wildman–Crippen LogP) is 7.65. The van der Waals surface area contributed by atoms with E-state index >= 15 is 0 Å². The van der Waals surface area contributed by atoms with E-state index in [0.717, 1.165) is 5.56 Å². The molecule has 0 bridgehead atoms. The third-order valence-corrected chi connectivity index (χ3v) is 6.46. The molecule has 0 aliphatic carbocycles. The first-order chi connectivity index (χ1) is 16.2. The highest BCUT2D eigenvalue weighted by atomic mass is 127. The molecule has 0 unspecified atom stereocenters. The van der Waals surface area contributed by atoms with Crippen molar-refractivity contribution in [2.24, 2.45) is 0 Å². The van der Waals surface area contributed by atoms with E-state index in [4.69, 9.17) is 44.3 Å². The lowest BCUT2D eigenvalue weighted by Crippen LogP contribution is -2.20. The van der Waals surface area contributed by atoms with Gasteiger partial charge in [0, 0.05) is 21.3 Å². The molecule has 174 valence electrons. The maximum atomic E-state index is 12.4. The summed E-state index contributed by atoms with van der Waals surface area (Å²) in [5.41, 5.74) is 3.13. The van der Waals surface area contributed by atoms with Gasteiger partial charge in [-0.3, -0.25) is 4.79 Å². The second-order valence-corrected chi connectivity index (χ2v) is 9.54. The fourth-order valence-corrected chi connectivity index (χ4v) is 4.49. The molecule has 3 aromatic rings. The Morgan fingerprint density at radius 3 is 2.53 bits per heavy atom. The minimum Gasteiger partial charge on any atom is -0.493 e. The average Bonchev–Trinajstić information content (AvgIpc) is 2.79. The van der Waals surface area contributed by atoms with Crippen LogP contribution in [0.25, 0.3) is 11.6 Å². The summed E-state index contributed by atoms with van der Waals surface area (Å²) in [4.78, 5) is 12.4. The molecule has 0 aromatic heterocycles. The fraction of sp³-hybridized carbons (Fsp3) is 0.120. The van der Waals surface area contributed by atoms with Gasteiger partial charge < -0.3 is 14.8 Å². The molecule has 1 N–H and O–H groups in total. The second kappa shape index (κ2) is 11.8. The summed E-state index contributed by atoms with van der Waals surface area (Å²) < 4.78 is 11.9. The van der Waals surface area contributed by atoms with Gasteiger partial charge in [0.25, 0.3) is 5.91 Å². The summed E-state index contributed by atoms with van der Waals surface area (Å²) in [7, 11) is 1.50. The minimum atomic E-state index is -0.342. The maximum Gasteiger partial charge on any atom is 0.262 e. The van der Waals surface area contributed by atoms with Gasteiger partial charge in [-0.1, -0.05) is 46.9 Å². The molecule has 0 spiro atoms. The highest BCUT2D eigenvalue weighted by Crippen LogP contribution is 2.36. The van der Waals surface area contributed by atoms with E-state index in [1.807, 2.05) is 19.1 Å². The van der Waals surface area contributed by atoms with Crippen LogP contribution in [0.5, 0.6) is 11.5 Å². The van der Waals surface area contributed by atoms with Gasteiger partial charge >= 0.3 is 0 Å². The third kappa shape index (κ3) is 6.57. The molecule has 34 heavy (non-hydrogen) atoms.